The molecule has 0 saturated carbocycles. The first-order chi connectivity index (χ1) is 14.8. The molecule has 8 nitrogen and oxygen atoms in total. The number of benzene rings is 2. The van der Waals surface area contributed by atoms with Gasteiger partial charge in [-0.1, -0.05) is 22.9 Å². The number of hydrogen-bond donors (Lipinski definition) is 3. The fourth-order valence-electron chi connectivity index (χ4n) is 2.41. The third-order valence-corrected chi connectivity index (χ3v) is 6.10. The number of carbonyl (C=O) groups excluding carboxylic acids is 1. The summed E-state index contributed by atoms with van der Waals surface area (Å²) in [6, 6.07) is 11.1. The van der Waals surface area contributed by atoms with E-state index in [2.05, 4.69) is 31.3 Å². The minimum Gasteiger partial charge on any atom is -0.490 e. The molecule has 0 unspecified atom stereocenters. The van der Waals surface area contributed by atoms with Gasteiger partial charge in [0.2, 0.25) is 10.0 Å². The molecule has 0 spiro atoms. The van der Waals surface area contributed by atoms with Crippen LogP contribution in [0.4, 0.5) is 5.69 Å². The van der Waals surface area contributed by atoms with Crippen molar-refractivity contribution in [1.82, 2.24) is 10.0 Å². The second-order valence-electron chi connectivity index (χ2n) is 6.31. The van der Waals surface area contributed by atoms with E-state index in [9.17, 15) is 13.2 Å². The monoisotopic (exact) mass is 529 g/mol. The van der Waals surface area contributed by atoms with Crippen LogP contribution >= 0.6 is 28.1 Å². The van der Waals surface area contributed by atoms with Gasteiger partial charge in [-0.05, 0) is 61.1 Å². The maximum absolute atomic E-state index is 12.7. The standard InChI is InChI=1S/C20H24BrN3O5S2/c1-3-10-22-31(26,27)16-7-5-15(6-8-16)23-20(30)24-19(25)17-13-14(21)4-9-18(17)29-12-11-28-2/h4-9,13,22H,3,10-12H2,1-2H3,(H2,23,24,25,30). The highest BCUT2D eigenvalue weighted by Crippen LogP contribution is 2.23. The third-order valence-electron chi connectivity index (χ3n) is 3.92. The van der Waals surface area contributed by atoms with E-state index in [0.717, 1.165) is 0 Å². The number of rotatable bonds is 10. The van der Waals surface area contributed by atoms with Crippen molar-refractivity contribution in [3.8, 4) is 5.75 Å². The molecule has 0 atom stereocenters. The maximum atomic E-state index is 12.7. The lowest BCUT2D eigenvalue weighted by Gasteiger charge is -2.14. The van der Waals surface area contributed by atoms with E-state index in [1.54, 1.807) is 37.4 Å². The van der Waals surface area contributed by atoms with Crippen molar-refractivity contribution >= 4 is 54.9 Å². The molecule has 3 N–H and O–H groups in total. The number of halogens is 1. The normalized spacial score (nSPS) is 11.1. The molecule has 0 fully saturated rings. The Morgan fingerprint density at radius 1 is 1.13 bits per heavy atom. The summed E-state index contributed by atoms with van der Waals surface area (Å²) >= 11 is 8.55. The molecule has 168 valence electrons. The van der Waals surface area contributed by atoms with Gasteiger partial charge >= 0.3 is 0 Å². The Kier molecular flexibility index (Phi) is 9.85. The Bertz CT molecular complexity index is 1010. The van der Waals surface area contributed by atoms with Crippen molar-refractivity contribution < 1.29 is 22.7 Å². The van der Waals surface area contributed by atoms with E-state index in [1.165, 1.54) is 12.1 Å². The third kappa shape index (κ3) is 7.86. The van der Waals surface area contributed by atoms with Crippen LogP contribution in [-0.4, -0.2) is 46.3 Å². The Labute approximate surface area is 195 Å². The van der Waals surface area contributed by atoms with Gasteiger partial charge in [0.1, 0.15) is 12.4 Å². The zero-order valence-electron chi connectivity index (χ0n) is 17.1. The molecule has 0 heterocycles. The number of sulfonamides is 1. The van der Waals surface area contributed by atoms with Gasteiger partial charge in [-0.25, -0.2) is 13.1 Å². The summed E-state index contributed by atoms with van der Waals surface area (Å²) in [5.41, 5.74) is 0.837. The molecule has 1 amide bonds. The lowest BCUT2D eigenvalue weighted by molar-refractivity contribution is 0.0969. The minimum absolute atomic E-state index is 0.0625. The first-order valence-electron chi connectivity index (χ1n) is 9.40. The Hall–Kier alpha value is -2.05. The quantitative estimate of drug-likeness (QED) is 0.320. The molecule has 0 saturated heterocycles. The number of amides is 1. The fourth-order valence-corrected chi connectivity index (χ4v) is 4.12. The van der Waals surface area contributed by atoms with Crippen LogP contribution in [0.25, 0.3) is 0 Å². The number of ether oxygens (including phenoxy) is 2. The number of anilines is 1. The number of methoxy groups -OCH3 is 1. The van der Waals surface area contributed by atoms with Gasteiger partial charge in [-0.3, -0.25) is 10.1 Å². The van der Waals surface area contributed by atoms with Crippen LogP contribution in [0.2, 0.25) is 0 Å². The van der Waals surface area contributed by atoms with Gasteiger partial charge in [0, 0.05) is 23.8 Å². The highest BCUT2D eigenvalue weighted by atomic mass is 79.9. The summed E-state index contributed by atoms with van der Waals surface area (Å²) in [5.74, 6) is -0.0520. The van der Waals surface area contributed by atoms with Crippen LogP contribution in [0, 0.1) is 0 Å². The van der Waals surface area contributed by atoms with Crippen LogP contribution in [-0.2, 0) is 14.8 Å². The second kappa shape index (κ2) is 12.1. The van der Waals surface area contributed by atoms with Crippen molar-refractivity contribution in [2.24, 2.45) is 0 Å². The van der Waals surface area contributed by atoms with Gasteiger partial charge in [-0.15, -0.1) is 0 Å². The highest BCUT2D eigenvalue weighted by Gasteiger charge is 2.16. The average Bonchev–Trinajstić information content (AvgIpc) is 2.73. The molecule has 0 aliphatic rings. The van der Waals surface area contributed by atoms with E-state index in [0.29, 0.717) is 47.7 Å². The smallest absolute Gasteiger partial charge is 0.261 e. The van der Waals surface area contributed by atoms with E-state index in [4.69, 9.17) is 21.7 Å². The zero-order valence-corrected chi connectivity index (χ0v) is 20.3. The average molecular weight is 530 g/mol. The summed E-state index contributed by atoms with van der Waals surface area (Å²) < 4.78 is 38.1. The van der Waals surface area contributed by atoms with Crippen LogP contribution in [0.1, 0.15) is 23.7 Å². The molecule has 0 radical (unpaired) electrons. The maximum Gasteiger partial charge on any atom is 0.261 e. The fraction of sp³-hybridized carbons (Fsp3) is 0.300. The topological polar surface area (TPSA) is 106 Å². The van der Waals surface area contributed by atoms with Crippen molar-refractivity contribution in [1.29, 1.82) is 0 Å². The van der Waals surface area contributed by atoms with Gasteiger partial charge in [-0.2, -0.15) is 0 Å². The van der Waals surface area contributed by atoms with Crippen LogP contribution in [0.15, 0.2) is 51.8 Å². The number of nitrogens with one attached hydrogen (secondary N) is 3. The van der Waals surface area contributed by atoms with Gasteiger partial charge in [0.05, 0.1) is 17.1 Å². The van der Waals surface area contributed by atoms with Crippen molar-refractivity contribution in [2.75, 3.05) is 32.2 Å². The van der Waals surface area contributed by atoms with Gasteiger partial charge in [0.25, 0.3) is 5.91 Å². The molecular formula is C20H24BrN3O5S2. The lowest BCUT2D eigenvalue weighted by atomic mass is 10.2. The SMILES string of the molecule is CCCNS(=O)(=O)c1ccc(NC(=S)NC(=O)c2cc(Br)ccc2OCCOC)cc1. The lowest BCUT2D eigenvalue weighted by Crippen LogP contribution is -2.34. The number of carbonyl (C=O) groups is 1. The zero-order chi connectivity index (χ0) is 22.9. The molecule has 2 aromatic carbocycles. The number of thiocarbonyl (C=S) groups is 1. The first kappa shape index (κ1) is 25.2. The highest BCUT2D eigenvalue weighted by molar-refractivity contribution is 9.10. The Balaban J connectivity index is 2.03. The van der Waals surface area contributed by atoms with Crippen LogP contribution in [0.5, 0.6) is 5.75 Å². The second-order valence-corrected chi connectivity index (χ2v) is 9.40. The molecule has 2 aromatic rings. The summed E-state index contributed by atoms with van der Waals surface area (Å²) in [6.07, 6.45) is 0.698. The predicted molar refractivity (Wildman–Crippen MR) is 127 cm³/mol. The Morgan fingerprint density at radius 3 is 2.48 bits per heavy atom. The summed E-state index contributed by atoms with van der Waals surface area (Å²) in [5, 5.41) is 5.52. The van der Waals surface area contributed by atoms with Gasteiger partial charge < -0.3 is 14.8 Å². The molecule has 0 aliphatic heterocycles. The molecule has 0 aromatic heterocycles. The molecule has 0 bridgehead atoms. The summed E-state index contributed by atoms with van der Waals surface area (Å²) in [7, 11) is -1.99. The van der Waals surface area contributed by atoms with Crippen molar-refractivity contribution in [3.05, 3.63) is 52.5 Å². The largest absolute Gasteiger partial charge is 0.490 e. The number of hydrogen-bond acceptors (Lipinski definition) is 6. The van der Waals surface area contributed by atoms with Crippen LogP contribution < -0.4 is 20.1 Å². The van der Waals surface area contributed by atoms with E-state index in [-0.39, 0.29) is 10.0 Å². The van der Waals surface area contributed by atoms with Gasteiger partial charge in [0.15, 0.2) is 5.11 Å². The minimum atomic E-state index is -3.55. The first-order valence-corrected chi connectivity index (χ1v) is 12.1. The molecule has 0 aliphatic carbocycles. The molecule has 31 heavy (non-hydrogen) atoms. The molecule has 11 heteroatoms. The van der Waals surface area contributed by atoms with Crippen LogP contribution in [0.3, 0.4) is 0 Å². The van der Waals surface area contributed by atoms with Crippen molar-refractivity contribution in [3.63, 3.8) is 0 Å². The predicted octanol–water partition coefficient (Wildman–Crippen LogP) is 3.29. The summed E-state index contributed by atoms with van der Waals surface area (Å²) in [4.78, 5) is 12.8. The summed E-state index contributed by atoms with van der Waals surface area (Å²) in [6.45, 7) is 2.93. The van der Waals surface area contributed by atoms with Crippen molar-refractivity contribution in [2.45, 2.75) is 18.2 Å². The van der Waals surface area contributed by atoms with E-state index in [1.807, 2.05) is 6.92 Å². The molecule has 2 rings (SSSR count). The Morgan fingerprint density at radius 2 is 1.84 bits per heavy atom. The molecular weight excluding hydrogens is 506 g/mol. The van der Waals surface area contributed by atoms with E-state index >= 15 is 0 Å². The van der Waals surface area contributed by atoms with E-state index < -0.39 is 15.9 Å².